The smallest absolute Gasteiger partial charge is 0.0828 e. The Balaban J connectivity index is 2.50. The second-order valence-electron chi connectivity index (χ2n) is 1.71. The van der Waals surface area contributed by atoms with Gasteiger partial charge in [0.15, 0.2) is 0 Å². The maximum absolute atomic E-state index is 3.86. The highest BCUT2D eigenvalue weighted by atomic mass is 28.2. The summed E-state index contributed by atoms with van der Waals surface area (Å²) < 4.78 is 0. The lowest BCUT2D eigenvalue weighted by Gasteiger charge is -1.81. The minimum Gasteiger partial charge on any atom is -0.266 e. The Labute approximate surface area is 50.3 Å². The average Bonchev–Trinajstić information content (AvgIpc) is 2.19. The van der Waals surface area contributed by atoms with Crippen molar-refractivity contribution in [1.29, 1.82) is 0 Å². The van der Waals surface area contributed by atoms with Crippen LogP contribution in [0.4, 0.5) is 0 Å². The predicted molar refractivity (Wildman–Crippen MR) is 35.0 cm³/mol. The number of hydrogen-bond donors (Lipinski definition) is 1. The van der Waals surface area contributed by atoms with Gasteiger partial charge in [0.2, 0.25) is 0 Å². The number of nitrogens with one attached hydrogen (secondary N) is 1. The molecular formula is C4H9N3Si. The molecular weight excluding hydrogens is 118 g/mol. The molecule has 0 aromatic carbocycles. The molecule has 0 spiro atoms. The summed E-state index contributed by atoms with van der Waals surface area (Å²) in [6.07, 6.45) is 1.88. The van der Waals surface area contributed by atoms with Crippen molar-refractivity contribution < 1.29 is 0 Å². The first-order valence-corrected chi connectivity index (χ1v) is 4.49. The normalized spacial score (nSPS) is 11.1. The molecule has 1 aromatic rings. The van der Waals surface area contributed by atoms with Crippen molar-refractivity contribution in [2.45, 2.75) is 13.0 Å². The fraction of sp³-hybridized carbons (Fsp3) is 0.500. The Bertz CT molecular complexity index is 137. The largest absolute Gasteiger partial charge is 0.266 e. The van der Waals surface area contributed by atoms with E-state index in [1.165, 1.54) is 11.4 Å². The molecule has 44 valence electrons. The van der Waals surface area contributed by atoms with Crippen LogP contribution in [0.25, 0.3) is 0 Å². The lowest BCUT2D eigenvalue weighted by Crippen LogP contribution is -2.13. The van der Waals surface area contributed by atoms with Crippen molar-refractivity contribution in [3.8, 4) is 0 Å². The van der Waals surface area contributed by atoms with Gasteiger partial charge in [0.25, 0.3) is 0 Å². The maximum atomic E-state index is 3.86. The van der Waals surface area contributed by atoms with Crippen LogP contribution in [-0.4, -0.2) is 24.9 Å². The average molecular weight is 127 g/mol. The summed E-state index contributed by atoms with van der Waals surface area (Å²) in [6, 6.07) is 1.27. The molecule has 1 aromatic heterocycles. The molecule has 0 bridgehead atoms. The monoisotopic (exact) mass is 127 g/mol. The van der Waals surface area contributed by atoms with Crippen molar-refractivity contribution >= 4 is 14.8 Å². The van der Waals surface area contributed by atoms with Crippen LogP contribution in [0, 0.1) is 0 Å². The van der Waals surface area contributed by atoms with Crippen molar-refractivity contribution in [2.24, 2.45) is 0 Å². The molecule has 0 radical (unpaired) electrons. The minimum absolute atomic E-state index is 0.0637. The van der Waals surface area contributed by atoms with Crippen LogP contribution >= 0.6 is 0 Å². The SMILES string of the molecule is CC[SiH2]c1c[nH]nn1. The van der Waals surface area contributed by atoms with Gasteiger partial charge in [0.1, 0.15) is 0 Å². The van der Waals surface area contributed by atoms with Crippen molar-refractivity contribution in [1.82, 2.24) is 15.4 Å². The van der Waals surface area contributed by atoms with E-state index < -0.39 is 0 Å². The van der Waals surface area contributed by atoms with Crippen LogP contribution in [0.5, 0.6) is 0 Å². The molecule has 0 saturated heterocycles. The van der Waals surface area contributed by atoms with Crippen molar-refractivity contribution in [2.75, 3.05) is 0 Å². The zero-order chi connectivity index (χ0) is 5.82. The number of aromatic amines is 1. The summed E-state index contributed by atoms with van der Waals surface area (Å²) in [5, 5.41) is 11.3. The van der Waals surface area contributed by atoms with Gasteiger partial charge in [-0.1, -0.05) is 18.2 Å². The Morgan fingerprint density at radius 1 is 1.88 bits per heavy atom. The number of hydrogen-bond acceptors (Lipinski definition) is 2. The molecule has 0 fully saturated rings. The van der Waals surface area contributed by atoms with E-state index in [2.05, 4.69) is 22.3 Å². The third kappa shape index (κ3) is 1.16. The zero-order valence-electron chi connectivity index (χ0n) is 4.89. The van der Waals surface area contributed by atoms with E-state index in [0.717, 1.165) is 0 Å². The third-order valence-electron chi connectivity index (χ3n) is 0.973. The van der Waals surface area contributed by atoms with E-state index in [4.69, 9.17) is 0 Å². The lowest BCUT2D eigenvalue weighted by molar-refractivity contribution is 0.946. The van der Waals surface area contributed by atoms with E-state index >= 15 is 0 Å². The van der Waals surface area contributed by atoms with Gasteiger partial charge >= 0.3 is 0 Å². The lowest BCUT2D eigenvalue weighted by atomic mass is 10.9. The summed E-state index contributed by atoms with van der Waals surface area (Å²) in [6.45, 7) is 2.18. The Morgan fingerprint density at radius 3 is 3.25 bits per heavy atom. The molecule has 1 N–H and O–H groups in total. The first kappa shape index (κ1) is 5.49. The van der Waals surface area contributed by atoms with Gasteiger partial charge in [-0.15, -0.1) is 5.10 Å². The summed E-state index contributed by atoms with van der Waals surface area (Å²) in [5.41, 5.74) is 0. The minimum atomic E-state index is -0.0637. The Morgan fingerprint density at radius 2 is 2.75 bits per heavy atom. The van der Waals surface area contributed by atoms with Gasteiger partial charge in [-0.2, -0.15) is 0 Å². The van der Waals surface area contributed by atoms with Crippen molar-refractivity contribution in [3.63, 3.8) is 0 Å². The molecule has 0 aliphatic carbocycles. The summed E-state index contributed by atoms with van der Waals surface area (Å²) in [7, 11) is -0.0637. The molecule has 4 heteroatoms. The van der Waals surface area contributed by atoms with Crippen molar-refractivity contribution in [3.05, 3.63) is 6.20 Å². The van der Waals surface area contributed by atoms with Gasteiger partial charge in [-0.05, 0) is 0 Å². The van der Waals surface area contributed by atoms with Gasteiger partial charge in [-0.25, -0.2) is 0 Å². The molecule has 0 aliphatic rings. The van der Waals surface area contributed by atoms with Crippen LogP contribution in [0.2, 0.25) is 6.04 Å². The molecule has 8 heavy (non-hydrogen) atoms. The highest BCUT2D eigenvalue weighted by Crippen LogP contribution is 1.70. The second-order valence-corrected chi connectivity index (χ2v) is 3.94. The number of nitrogens with zero attached hydrogens (tertiary/aromatic N) is 2. The Kier molecular flexibility index (Phi) is 1.79. The molecule has 3 nitrogen and oxygen atoms in total. The van der Waals surface area contributed by atoms with E-state index in [1.807, 2.05) is 6.20 Å². The highest BCUT2D eigenvalue weighted by Gasteiger charge is 1.90. The molecule has 0 saturated carbocycles. The molecule has 0 aliphatic heterocycles. The zero-order valence-corrected chi connectivity index (χ0v) is 6.30. The van der Waals surface area contributed by atoms with Gasteiger partial charge in [0, 0.05) is 6.20 Å². The van der Waals surface area contributed by atoms with Gasteiger partial charge < -0.3 is 0 Å². The summed E-state index contributed by atoms with van der Waals surface area (Å²) in [4.78, 5) is 0. The topological polar surface area (TPSA) is 41.6 Å². The van der Waals surface area contributed by atoms with E-state index in [0.29, 0.717) is 0 Å². The van der Waals surface area contributed by atoms with Crippen LogP contribution < -0.4 is 5.32 Å². The number of aromatic nitrogens is 3. The molecule has 0 atom stereocenters. The Hall–Kier alpha value is -0.643. The first-order chi connectivity index (χ1) is 3.93. The summed E-state index contributed by atoms with van der Waals surface area (Å²) >= 11 is 0. The highest BCUT2D eigenvalue weighted by molar-refractivity contribution is 6.51. The molecule has 1 heterocycles. The van der Waals surface area contributed by atoms with Crippen LogP contribution in [0.15, 0.2) is 6.20 Å². The molecule has 0 amide bonds. The fourth-order valence-corrected chi connectivity index (χ4v) is 1.52. The van der Waals surface area contributed by atoms with Gasteiger partial charge in [0.05, 0.1) is 14.8 Å². The van der Waals surface area contributed by atoms with Crippen LogP contribution in [0.1, 0.15) is 6.92 Å². The molecule has 1 rings (SSSR count). The van der Waals surface area contributed by atoms with Crippen LogP contribution in [0.3, 0.4) is 0 Å². The van der Waals surface area contributed by atoms with E-state index in [9.17, 15) is 0 Å². The number of H-pyrrole nitrogens is 1. The standard InChI is InChI=1S/C4H9N3Si/c1-2-8-4-3-5-7-6-4/h3H,2,8H2,1H3,(H,5,6,7). The predicted octanol–water partition coefficient (Wildman–Crippen LogP) is -0.963. The first-order valence-electron chi connectivity index (χ1n) is 2.79. The van der Waals surface area contributed by atoms with E-state index in [-0.39, 0.29) is 9.52 Å². The molecule has 0 unspecified atom stereocenters. The third-order valence-corrected chi connectivity index (χ3v) is 2.33. The quantitative estimate of drug-likeness (QED) is 0.520. The maximum Gasteiger partial charge on any atom is 0.0828 e. The van der Waals surface area contributed by atoms with Gasteiger partial charge in [-0.3, -0.25) is 5.10 Å². The number of rotatable bonds is 2. The summed E-state index contributed by atoms with van der Waals surface area (Å²) in [5.74, 6) is 0. The fourth-order valence-electron chi connectivity index (χ4n) is 0.604. The van der Waals surface area contributed by atoms with Crippen LogP contribution in [-0.2, 0) is 0 Å². The van der Waals surface area contributed by atoms with E-state index in [1.54, 1.807) is 0 Å². The second kappa shape index (κ2) is 2.61.